The summed E-state index contributed by atoms with van der Waals surface area (Å²) in [5.74, 6) is 0.643. The van der Waals surface area contributed by atoms with Crippen LogP contribution in [0.1, 0.15) is 26.5 Å². The zero-order valence-corrected chi connectivity index (χ0v) is 12.8. The molecule has 0 aliphatic carbocycles. The van der Waals surface area contributed by atoms with Crippen molar-refractivity contribution in [3.05, 3.63) is 22.7 Å². The molecule has 1 aromatic heterocycles. The molecule has 2 heterocycles. The summed E-state index contributed by atoms with van der Waals surface area (Å²) >= 11 is 1.50. The van der Waals surface area contributed by atoms with Gasteiger partial charge in [0.2, 0.25) is 5.88 Å². The third kappa shape index (κ3) is 4.21. The van der Waals surface area contributed by atoms with Crippen molar-refractivity contribution in [1.29, 1.82) is 0 Å². The minimum atomic E-state index is -0.419. The maximum atomic E-state index is 11.9. The lowest BCUT2D eigenvalue weighted by Gasteiger charge is -2.14. The van der Waals surface area contributed by atoms with Gasteiger partial charge >= 0.3 is 11.7 Å². The maximum absolute atomic E-state index is 11.9. The molecular formula is C13H18N2O5S. The second kappa shape index (κ2) is 7.46. The van der Waals surface area contributed by atoms with E-state index in [9.17, 15) is 9.59 Å². The van der Waals surface area contributed by atoms with Crippen molar-refractivity contribution in [1.82, 2.24) is 9.55 Å². The Kier molecular flexibility index (Phi) is 5.63. The van der Waals surface area contributed by atoms with E-state index in [1.54, 1.807) is 19.2 Å². The quantitative estimate of drug-likeness (QED) is 0.729. The Morgan fingerprint density at radius 2 is 2.38 bits per heavy atom. The molecule has 2 atom stereocenters. The summed E-state index contributed by atoms with van der Waals surface area (Å²) < 4.78 is 17.3. The van der Waals surface area contributed by atoms with E-state index in [0.29, 0.717) is 24.7 Å². The lowest BCUT2D eigenvalue weighted by Crippen LogP contribution is -2.28. The highest BCUT2D eigenvalue weighted by atomic mass is 32.2. The Hall–Kier alpha value is -1.54. The number of ether oxygens (including phenoxy) is 3. The summed E-state index contributed by atoms with van der Waals surface area (Å²) in [6, 6.07) is 1.63. The molecule has 116 valence electrons. The SMILES string of the molecule is CCOc1ccn(C2CSC(COC(=O)CC)O2)c(=O)n1. The third-order valence-corrected chi connectivity index (χ3v) is 3.91. The second-order valence-corrected chi connectivity index (χ2v) is 5.47. The van der Waals surface area contributed by atoms with Crippen LogP contribution in [-0.2, 0) is 14.3 Å². The van der Waals surface area contributed by atoms with E-state index in [-0.39, 0.29) is 18.0 Å². The molecule has 0 amide bonds. The van der Waals surface area contributed by atoms with Crippen LogP contribution >= 0.6 is 11.8 Å². The predicted molar refractivity (Wildman–Crippen MR) is 77.3 cm³/mol. The van der Waals surface area contributed by atoms with Gasteiger partial charge in [0, 0.05) is 24.4 Å². The molecule has 1 aliphatic rings. The Morgan fingerprint density at radius 1 is 1.57 bits per heavy atom. The minimum absolute atomic E-state index is 0.188. The molecule has 21 heavy (non-hydrogen) atoms. The zero-order valence-electron chi connectivity index (χ0n) is 12.0. The number of carbonyl (C=O) groups is 1. The van der Waals surface area contributed by atoms with E-state index in [1.165, 1.54) is 16.3 Å². The van der Waals surface area contributed by atoms with Gasteiger partial charge in [0.05, 0.1) is 6.61 Å². The van der Waals surface area contributed by atoms with Crippen molar-refractivity contribution < 1.29 is 19.0 Å². The zero-order chi connectivity index (χ0) is 15.2. The molecule has 2 rings (SSSR count). The molecule has 7 nitrogen and oxygen atoms in total. The lowest BCUT2D eigenvalue weighted by molar-refractivity contribution is -0.146. The number of hydrogen-bond acceptors (Lipinski definition) is 7. The van der Waals surface area contributed by atoms with Gasteiger partial charge < -0.3 is 14.2 Å². The molecule has 2 unspecified atom stereocenters. The number of thioether (sulfide) groups is 1. The van der Waals surface area contributed by atoms with E-state index in [1.807, 2.05) is 6.92 Å². The van der Waals surface area contributed by atoms with Crippen LogP contribution < -0.4 is 10.4 Å². The molecule has 0 radical (unpaired) electrons. The molecule has 0 bridgehead atoms. The number of nitrogens with zero attached hydrogens (tertiary/aromatic N) is 2. The summed E-state index contributed by atoms with van der Waals surface area (Å²) in [6.07, 6.45) is 1.53. The topological polar surface area (TPSA) is 79.6 Å². The number of aromatic nitrogens is 2. The third-order valence-electron chi connectivity index (χ3n) is 2.81. The summed E-state index contributed by atoms with van der Waals surface area (Å²) in [5.41, 5.74) is -0.679. The highest BCUT2D eigenvalue weighted by Gasteiger charge is 2.29. The fourth-order valence-electron chi connectivity index (χ4n) is 1.78. The van der Waals surface area contributed by atoms with Gasteiger partial charge in [-0.05, 0) is 6.92 Å². The first kappa shape index (κ1) is 15.8. The average Bonchev–Trinajstić information content (AvgIpc) is 2.94. The first-order chi connectivity index (χ1) is 10.1. The van der Waals surface area contributed by atoms with E-state index >= 15 is 0 Å². The Balaban J connectivity index is 1.95. The summed E-state index contributed by atoms with van der Waals surface area (Å²) in [4.78, 5) is 26.9. The molecule has 8 heteroatoms. The van der Waals surface area contributed by atoms with Crippen LogP contribution in [0.3, 0.4) is 0 Å². The average molecular weight is 314 g/mol. The van der Waals surface area contributed by atoms with Crippen molar-refractivity contribution in [2.24, 2.45) is 0 Å². The Morgan fingerprint density at radius 3 is 3.05 bits per heavy atom. The molecule has 0 saturated carbocycles. The van der Waals surface area contributed by atoms with Crippen molar-refractivity contribution in [2.75, 3.05) is 19.0 Å². The van der Waals surface area contributed by atoms with Crippen molar-refractivity contribution in [3.8, 4) is 5.88 Å². The van der Waals surface area contributed by atoms with Gasteiger partial charge in [-0.3, -0.25) is 9.36 Å². The van der Waals surface area contributed by atoms with Gasteiger partial charge in [-0.2, -0.15) is 4.98 Å². The lowest BCUT2D eigenvalue weighted by atomic mass is 10.5. The maximum Gasteiger partial charge on any atom is 0.353 e. The number of rotatable bonds is 6. The number of carbonyl (C=O) groups excluding carboxylic acids is 1. The van der Waals surface area contributed by atoms with Crippen LogP contribution in [0.4, 0.5) is 0 Å². The number of hydrogen-bond donors (Lipinski definition) is 0. The summed E-state index contributed by atoms with van der Waals surface area (Å²) in [5, 5.41) is 0. The normalized spacial score (nSPS) is 21.2. The summed E-state index contributed by atoms with van der Waals surface area (Å²) in [6.45, 7) is 4.20. The van der Waals surface area contributed by atoms with Gasteiger partial charge in [-0.15, -0.1) is 11.8 Å². The van der Waals surface area contributed by atoms with Crippen LogP contribution in [0, 0.1) is 0 Å². The van der Waals surface area contributed by atoms with Gasteiger partial charge in [0.1, 0.15) is 18.3 Å². The predicted octanol–water partition coefficient (Wildman–Crippen LogP) is 1.18. The Bertz CT molecular complexity index is 548. The Labute approximate surface area is 126 Å². The second-order valence-electron chi connectivity index (χ2n) is 4.28. The monoisotopic (exact) mass is 314 g/mol. The first-order valence-corrected chi connectivity index (χ1v) is 7.83. The van der Waals surface area contributed by atoms with E-state index in [0.717, 1.165) is 0 Å². The molecular weight excluding hydrogens is 296 g/mol. The van der Waals surface area contributed by atoms with Gasteiger partial charge in [-0.25, -0.2) is 4.79 Å². The molecule has 1 aliphatic heterocycles. The van der Waals surface area contributed by atoms with Crippen LogP contribution in [0.5, 0.6) is 5.88 Å². The highest BCUT2D eigenvalue weighted by Crippen LogP contribution is 2.31. The smallest absolute Gasteiger partial charge is 0.353 e. The fraction of sp³-hybridized carbons (Fsp3) is 0.615. The van der Waals surface area contributed by atoms with Gasteiger partial charge in [0.25, 0.3) is 0 Å². The minimum Gasteiger partial charge on any atom is -0.478 e. The van der Waals surface area contributed by atoms with Crippen LogP contribution in [0.15, 0.2) is 17.1 Å². The van der Waals surface area contributed by atoms with Gasteiger partial charge in [0.15, 0.2) is 0 Å². The molecule has 1 aromatic rings. The van der Waals surface area contributed by atoms with Crippen molar-refractivity contribution in [3.63, 3.8) is 0 Å². The van der Waals surface area contributed by atoms with Gasteiger partial charge in [-0.1, -0.05) is 6.92 Å². The van der Waals surface area contributed by atoms with E-state index < -0.39 is 11.9 Å². The number of esters is 1. The standard InChI is InChI=1S/C13H18N2O5S/c1-3-11(16)19-7-12-20-10(8-21-12)15-6-5-9(18-4-2)14-13(15)17/h5-6,10,12H,3-4,7-8H2,1-2H3. The van der Waals surface area contributed by atoms with Crippen molar-refractivity contribution in [2.45, 2.75) is 31.9 Å². The molecule has 0 spiro atoms. The first-order valence-electron chi connectivity index (χ1n) is 6.78. The molecule has 0 N–H and O–H groups in total. The highest BCUT2D eigenvalue weighted by molar-refractivity contribution is 8.00. The van der Waals surface area contributed by atoms with E-state index in [2.05, 4.69) is 4.98 Å². The van der Waals surface area contributed by atoms with Crippen LogP contribution in [-0.4, -0.2) is 39.9 Å². The fourth-order valence-corrected chi connectivity index (χ4v) is 2.77. The van der Waals surface area contributed by atoms with Crippen LogP contribution in [0.2, 0.25) is 0 Å². The largest absolute Gasteiger partial charge is 0.478 e. The summed E-state index contributed by atoms with van der Waals surface area (Å²) in [7, 11) is 0. The molecule has 1 fully saturated rings. The molecule has 1 saturated heterocycles. The van der Waals surface area contributed by atoms with Crippen LogP contribution in [0.25, 0.3) is 0 Å². The van der Waals surface area contributed by atoms with Crippen molar-refractivity contribution >= 4 is 17.7 Å². The van der Waals surface area contributed by atoms with E-state index in [4.69, 9.17) is 14.2 Å². The molecule has 0 aromatic carbocycles.